The summed E-state index contributed by atoms with van der Waals surface area (Å²) in [4.78, 5) is 3.99. The normalized spacial score (nSPS) is 11.9. The second-order valence-electron chi connectivity index (χ2n) is 4.80. The third-order valence-corrected chi connectivity index (χ3v) is 2.95. The molecule has 0 saturated carbocycles. The van der Waals surface area contributed by atoms with E-state index in [4.69, 9.17) is 15.2 Å². The molecule has 0 saturated heterocycles. The highest BCUT2D eigenvalue weighted by Gasteiger charge is 2.08. The summed E-state index contributed by atoms with van der Waals surface area (Å²) in [5.41, 5.74) is 8.04. The van der Waals surface area contributed by atoms with Gasteiger partial charge in [-0.05, 0) is 54.8 Å². The molecular formula is C16H20N2O2. The Morgan fingerprint density at radius 1 is 1.20 bits per heavy atom. The minimum atomic E-state index is 0.0744. The van der Waals surface area contributed by atoms with Crippen molar-refractivity contribution < 1.29 is 9.47 Å². The summed E-state index contributed by atoms with van der Waals surface area (Å²) in [6.45, 7) is 2.49. The van der Waals surface area contributed by atoms with Gasteiger partial charge in [-0.15, -0.1) is 0 Å². The smallest absolute Gasteiger partial charge is 0.123 e. The highest BCUT2D eigenvalue weighted by Crippen LogP contribution is 2.26. The number of nitrogens with two attached hydrogens (primary N) is 1. The van der Waals surface area contributed by atoms with Crippen molar-refractivity contribution in [2.75, 3.05) is 7.11 Å². The van der Waals surface area contributed by atoms with E-state index in [1.165, 1.54) is 0 Å². The van der Waals surface area contributed by atoms with Crippen LogP contribution in [0.4, 0.5) is 0 Å². The Labute approximate surface area is 119 Å². The number of hydrogen-bond donors (Lipinski definition) is 1. The number of nitrogens with zero attached hydrogens (tertiary/aromatic N) is 1. The average Bonchev–Trinajstić information content (AvgIpc) is 2.46. The van der Waals surface area contributed by atoms with Crippen LogP contribution in [0.3, 0.4) is 0 Å². The minimum Gasteiger partial charge on any atom is -0.497 e. The quantitative estimate of drug-likeness (QED) is 0.878. The maximum absolute atomic E-state index is 5.89. The molecule has 4 heteroatoms. The summed E-state index contributed by atoms with van der Waals surface area (Å²) in [5, 5.41) is 0. The van der Waals surface area contributed by atoms with Gasteiger partial charge >= 0.3 is 0 Å². The van der Waals surface area contributed by atoms with E-state index in [9.17, 15) is 0 Å². The van der Waals surface area contributed by atoms with Gasteiger partial charge in [-0.3, -0.25) is 4.98 Å². The second kappa shape index (κ2) is 6.91. The lowest BCUT2D eigenvalue weighted by molar-refractivity contribution is 0.301. The predicted octanol–water partition coefficient (Wildman–Crippen LogP) is 2.56. The zero-order valence-corrected chi connectivity index (χ0v) is 11.9. The van der Waals surface area contributed by atoms with Crippen LogP contribution in [0, 0.1) is 0 Å². The van der Waals surface area contributed by atoms with Gasteiger partial charge in [0.15, 0.2) is 0 Å². The molecule has 0 bridgehead atoms. The molecule has 4 nitrogen and oxygen atoms in total. The third kappa shape index (κ3) is 3.96. The molecule has 0 aliphatic heterocycles. The van der Waals surface area contributed by atoms with E-state index in [-0.39, 0.29) is 6.04 Å². The highest BCUT2D eigenvalue weighted by atomic mass is 16.5. The van der Waals surface area contributed by atoms with Gasteiger partial charge in [-0.1, -0.05) is 0 Å². The van der Waals surface area contributed by atoms with Gasteiger partial charge in [0.2, 0.25) is 0 Å². The predicted molar refractivity (Wildman–Crippen MR) is 78.9 cm³/mol. The lowest BCUT2D eigenvalue weighted by Gasteiger charge is -2.14. The topological polar surface area (TPSA) is 57.4 Å². The van der Waals surface area contributed by atoms with Crippen molar-refractivity contribution in [3.05, 3.63) is 53.9 Å². The largest absolute Gasteiger partial charge is 0.497 e. The van der Waals surface area contributed by atoms with Gasteiger partial charge in [-0.25, -0.2) is 0 Å². The van der Waals surface area contributed by atoms with Gasteiger partial charge in [-0.2, -0.15) is 0 Å². The van der Waals surface area contributed by atoms with Gasteiger partial charge in [0.05, 0.1) is 7.11 Å². The molecule has 0 amide bonds. The van der Waals surface area contributed by atoms with Crippen LogP contribution in [0.25, 0.3) is 0 Å². The molecule has 20 heavy (non-hydrogen) atoms. The van der Waals surface area contributed by atoms with Crippen LogP contribution in [0.2, 0.25) is 0 Å². The Hall–Kier alpha value is -2.07. The first-order valence-electron chi connectivity index (χ1n) is 6.63. The van der Waals surface area contributed by atoms with Crippen LogP contribution in [-0.4, -0.2) is 18.1 Å². The molecule has 2 rings (SSSR count). The molecule has 2 N–H and O–H groups in total. The zero-order chi connectivity index (χ0) is 14.4. The lowest BCUT2D eigenvalue weighted by atomic mass is 10.1. The molecule has 2 aromatic rings. The van der Waals surface area contributed by atoms with E-state index in [0.29, 0.717) is 6.61 Å². The van der Waals surface area contributed by atoms with E-state index in [2.05, 4.69) is 4.98 Å². The average molecular weight is 272 g/mol. The first kappa shape index (κ1) is 14.3. The van der Waals surface area contributed by atoms with Crippen LogP contribution in [0.15, 0.2) is 42.7 Å². The monoisotopic (exact) mass is 272 g/mol. The fourth-order valence-corrected chi connectivity index (χ4v) is 1.97. The van der Waals surface area contributed by atoms with Crippen molar-refractivity contribution in [3.63, 3.8) is 0 Å². The zero-order valence-electron chi connectivity index (χ0n) is 11.9. The second-order valence-corrected chi connectivity index (χ2v) is 4.80. The van der Waals surface area contributed by atoms with Crippen LogP contribution < -0.4 is 15.2 Å². The number of hydrogen-bond acceptors (Lipinski definition) is 4. The molecule has 1 heterocycles. The Morgan fingerprint density at radius 3 is 2.60 bits per heavy atom. The minimum absolute atomic E-state index is 0.0744. The molecular weight excluding hydrogens is 252 g/mol. The van der Waals surface area contributed by atoms with E-state index in [0.717, 1.165) is 29.0 Å². The van der Waals surface area contributed by atoms with Crippen LogP contribution in [0.1, 0.15) is 18.1 Å². The third-order valence-electron chi connectivity index (χ3n) is 2.95. The lowest BCUT2D eigenvalue weighted by Crippen LogP contribution is -2.18. The fraction of sp³-hybridized carbons (Fsp3) is 0.312. The maximum Gasteiger partial charge on any atom is 0.123 e. The molecule has 106 valence electrons. The SMILES string of the molecule is COc1ccc(OCc2ccncc2)c(CC(C)N)c1. The van der Waals surface area contributed by atoms with Crippen LogP contribution >= 0.6 is 0 Å². The molecule has 1 aromatic carbocycles. The Kier molecular flexibility index (Phi) is 4.96. The molecule has 0 spiro atoms. The number of rotatable bonds is 6. The number of methoxy groups -OCH3 is 1. The van der Waals surface area contributed by atoms with E-state index >= 15 is 0 Å². The molecule has 1 atom stereocenters. The maximum atomic E-state index is 5.89. The van der Waals surface area contributed by atoms with Crippen molar-refractivity contribution in [2.24, 2.45) is 5.73 Å². The summed E-state index contributed by atoms with van der Waals surface area (Å²) >= 11 is 0. The number of aromatic nitrogens is 1. The Morgan fingerprint density at radius 2 is 1.95 bits per heavy atom. The molecule has 0 aliphatic carbocycles. The first-order valence-corrected chi connectivity index (χ1v) is 6.63. The molecule has 1 aromatic heterocycles. The van der Waals surface area contributed by atoms with Crippen molar-refractivity contribution in [1.29, 1.82) is 0 Å². The van der Waals surface area contributed by atoms with Gasteiger partial charge < -0.3 is 15.2 Å². The molecule has 0 aliphatic rings. The number of benzene rings is 1. The summed E-state index contributed by atoms with van der Waals surface area (Å²) in [5.74, 6) is 1.66. The fourth-order valence-electron chi connectivity index (χ4n) is 1.97. The van der Waals surface area contributed by atoms with Crippen molar-refractivity contribution >= 4 is 0 Å². The molecule has 0 fully saturated rings. The molecule has 0 radical (unpaired) electrons. The highest BCUT2D eigenvalue weighted by molar-refractivity contribution is 5.41. The van der Waals surface area contributed by atoms with E-state index in [1.54, 1.807) is 19.5 Å². The van der Waals surface area contributed by atoms with E-state index < -0.39 is 0 Å². The number of ether oxygens (including phenoxy) is 2. The summed E-state index contributed by atoms with van der Waals surface area (Å²) in [7, 11) is 1.66. The molecule has 1 unspecified atom stereocenters. The van der Waals surface area contributed by atoms with Crippen LogP contribution in [0.5, 0.6) is 11.5 Å². The van der Waals surface area contributed by atoms with Crippen molar-refractivity contribution in [1.82, 2.24) is 4.98 Å². The van der Waals surface area contributed by atoms with Crippen molar-refractivity contribution in [2.45, 2.75) is 26.0 Å². The Balaban J connectivity index is 2.13. The summed E-state index contributed by atoms with van der Waals surface area (Å²) < 4.78 is 11.1. The number of pyridine rings is 1. The van der Waals surface area contributed by atoms with Gasteiger partial charge in [0, 0.05) is 18.4 Å². The van der Waals surface area contributed by atoms with Crippen LogP contribution in [-0.2, 0) is 13.0 Å². The van der Waals surface area contributed by atoms with Gasteiger partial charge in [0.25, 0.3) is 0 Å². The summed E-state index contributed by atoms with van der Waals surface area (Å²) in [6.07, 6.45) is 4.27. The van der Waals surface area contributed by atoms with E-state index in [1.807, 2.05) is 37.3 Å². The van der Waals surface area contributed by atoms with Crippen molar-refractivity contribution in [3.8, 4) is 11.5 Å². The first-order chi connectivity index (χ1) is 9.69. The standard InChI is InChI=1S/C16H20N2O2/c1-12(17)9-14-10-15(19-2)3-4-16(14)20-11-13-5-7-18-8-6-13/h3-8,10,12H,9,11,17H2,1-2H3. The van der Waals surface area contributed by atoms with Gasteiger partial charge in [0.1, 0.15) is 18.1 Å². The summed E-state index contributed by atoms with van der Waals surface area (Å²) in [6, 6.07) is 9.75. The Bertz CT molecular complexity index is 541.